The van der Waals surface area contributed by atoms with E-state index in [-0.39, 0.29) is 11.9 Å². The third kappa shape index (κ3) is 2.96. The molecular formula is C10H21N3O. The first-order valence-electron chi connectivity index (χ1n) is 5.24. The van der Waals surface area contributed by atoms with Crippen LogP contribution in [0.3, 0.4) is 0 Å². The molecule has 0 spiro atoms. The summed E-state index contributed by atoms with van der Waals surface area (Å²) in [5.74, 6) is 0.743. The maximum atomic E-state index is 11.6. The summed E-state index contributed by atoms with van der Waals surface area (Å²) in [7, 11) is 3.65. The first-order chi connectivity index (χ1) is 6.50. The normalized spacial score (nSPS) is 33.1. The average molecular weight is 199 g/mol. The average Bonchev–Trinajstić information content (AvgIpc) is 2.08. The minimum absolute atomic E-state index is 0.0244. The Morgan fingerprint density at radius 2 is 2.00 bits per heavy atom. The zero-order valence-corrected chi connectivity index (χ0v) is 9.50. The van der Waals surface area contributed by atoms with Gasteiger partial charge in [0.1, 0.15) is 0 Å². The van der Waals surface area contributed by atoms with Crippen molar-refractivity contribution >= 4 is 5.91 Å². The second kappa shape index (κ2) is 4.75. The van der Waals surface area contributed by atoms with Crippen LogP contribution in [-0.4, -0.2) is 37.1 Å². The van der Waals surface area contributed by atoms with Crippen molar-refractivity contribution in [3.8, 4) is 0 Å². The number of hydrogen-bond acceptors (Lipinski definition) is 3. The first kappa shape index (κ1) is 11.5. The van der Waals surface area contributed by atoms with Gasteiger partial charge < -0.3 is 5.32 Å². The number of rotatable bonds is 2. The van der Waals surface area contributed by atoms with Gasteiger partial charge >= 0.3 is 0 Å². The van der Waals surface area contributed by atoms with Crippen LogP contribution < -0.4 is 10.7 Å². The lowest BCUT2D eigenvalue weighted by Crippen LogP contribution is -2.54. The Hall–Kier alpha value is -0.610. The number of hydrogen-bond donors (Lipinski definition) is 2. The summed E-state index contributed by atoms with van der Waals surface area (Å²) in [4.78, 5) is 11.6. The Morgan fingerprint density at radius 3 is 2.50 bits per heavy atom. The fraction of sp³-hybridized carbons (Fsp3) is 0.900. The summed E-state index contributed by atoms with van der Waals surface area (Å²) in [6.45, 7) is 4.36. The molecular weight excluding hydrogens is 178 g/mol. The highest BCUT2D eigenvalue weighted by Crippen LogP contribution is 2.18. The van der Waals surface area contributed by atoms with Crippen molar-refractivity contribution in [1.29, 1.82) is 0 Å². The third-order valence-corrected chi connectivity index (χ3v) is 2.88. The highest BCUT2D eigenvalue weighted by Gasteiger charge is 2.28. The van der Waals surface area contributed by atoms with Crippen LogP contribution in [0.2, 0.25) is 0 Å². The Morgan fingerprint density at radius 1 is 1.36 bits per heavy atom. The molecule has 3 unspecified atom stereocenters. The Balaban J connectivity index is 2.42. The lowest BCUT2D eigenvalue weighted by molar-refractivity contribution is -0.128. The molecule has 1 amide bonds. The summed E-state index contributed by atoms with van der Waals surface area (Å²) >= 11 is 0. The number of hydrazine groups is 1. The summed E-state index contributed by atoms with van der Waals surface area (Å²) in [6.07, 6.45) is 2.06. The van der Waals surface area contributed by atoms with Gasteiger partial charge in [-0.15, -0.1) is 0 Å². The standard InChI is InChI=1S/C10H21N3O/c1-7-5-6-9(11-8(7)2)10(14)12-13(3)4/h7-9,11H,5-6H2,1-4H3,(H,12,14). The van der Waals surface area contributed by atoms with Crippen LogP contribution in [0.25, 0.3) is 0 Å². The van der Waals surface area contributed by atoms with E-state index in [4.69, 9.17) is 0 Å². The zero-order chi connectivity index (χ0) is 10.7. The van der Waals surface area contributed by atoms with Gasteiger partial charge in [-0.25, -0.2) is 5.01 Å². The number of nitrogens with zero attached hydrogens (tertiary/aromatic N) is 1. The second-order valence-electron chi connectivity index (χ2n) is 4.43. The smallest absolute Gasteiger partial charge is 0.251 e. The van der Waals surface area contributed by atoms with E-state index in [9.17, 15) is 4.79 Å². The molecule has 3 atom stereocenters. The Labute approximate surface area is 86.0 Å². The van der Waals surface area contributed by atoms with E-state index in [1.807, 2.05) is 14.1 Å². The summed E-state index contributed by atoms with van der Waals surface area (Å²) in [5.41, 5.74) is 2.78. The zero-order valence-electron chi connectivity index (χ0n) is 9.50. The molecule has 1 saturated heterocycles. The topological polar surface area (TPSA) is 44.4 Å². The second-order valence-corrected chi connectivity index (χ2v) is 4.43. The molecule has 82 valence electrons. The molecule has 0 aromatic rings. The molecule has 1 fully saturated rings. The highest BCUT2D eigenvalue weighted by molar-refractivity contribution is 5.81. The molecule has 0 radical (unpaired) electrons. The lowest BCUT2D eigenvalue weighted by Gasteiger charge is -2.33. The predicted molar refractivity (Wildman–Crippen MR) is 56.6 cm³/mol. The molecule has 0 aromatic heterocycles. The van der Waals surface area contributed by atoms with Gasteiger partial charge in [-0.2, -0.15) is 0 Å². The number of carbonyl (C=O) groups excluding carboxylic acids is 1. The van der Waals surface area contributed by atoms with E-state index in [0.29, 0.717) is 12.0 Å². The molecule has 14 heavy (non-hydrogen) atoms. The molecule has 0 saturated carbocycles. The lowest BCUT2D eigenvalue weighted by atomic mass is 9.90. The van der Waals surface area contributed by atoms with E-state index >= 15 is 0 Å². The van der Waals surface area contributed by atoms with Crippen molar-refractivity contribution in [2.24, 2.45) is 5.92 Å². The van der Waals surface area contributed by atoms with Gasteiger partial charge in [0.25, 0.3) is 5.91 Å². The van der Waals surface area contributed by atoms with Gasteiger partial charge in [0, 0.05) is 20.1 Å². The van der Waals surface area contributed by atoms with Crippen LogP contribution in [0.15, 0.2) is 0 Å². The first-order valence-corrected chi connectivity index (χ1v) is 5.24. The number of carbonyl (C=O) groups is 1. The molecule has 4 heteroatoms. The van der Waals surface area contributed by atoms with Gasteiger partial charge in [-0.3, -0.25) is 10.2 Å². The van der Waals surface area contributed by atoms with Gasteiger partial charge in [0.2, 0.25) is 0 Å². The van der Waals surface area contributed by atoms with Crippen molar-refractivity contribution in [1.82, 2.24) is 15.8 Å². The molecule has 1 aliphatic heterocycles. The monoisotopic (exact) mass is 199 g/mol. The van der Waals surface area contributed by atoms with Gasteiger partial charge in [0.05, 0.1) is 6.04 Å². The van der Waals surface area contributed by atoms with Crippen LogP contribution in [-0.2, 0) is 4.79 Å². The molecule has 0 bridgehead atoms. The highest BCUT2D eigenvalue weighted by atomic mass is 16.2. The molecule has 0 aliphatic carbocycles. The fourth-order valence-corrected chi connectivity index (χ4v) is 1.75. The minimum atomic E-state index is -0.0244. The van der Waals surface area contributed by atoms with Crippen molar-refractivity contribution in [3.63, 3.8) is 0 Å². The van der Waals surface area contributed by atoms with E-state index in [0.717, 1.165) is 12.8 Å². The van der Waals surface area contributed by atoms with Crippen LogP contribution in [0, 0.1) is 5.92 Å². The van der Waals surface area contributed by atoms with E-state index in [1.165, 1.54) is 0 Å². The molecule has 1 aliphatic rings. The predicted octanol–water partition coefficient (Wildman–Crippen LogP) is 0.356. The molecule has 0 aromatic carbocycles. The van der Waals surface area contributed by atoms with Crippen molar-refractivity contribution in [2.75, 3.05) is 14.1 Å². The van der Waals surface area contributed by atoms with Gasteiger partial charge in [0.15, 0.2) is 0 Å². The maximum absolute atomic E-state index is 11.6. The van der Waals surface area contributed by atoms with Crippen LogP contribution in [0.4, 0.5) is 0 Å². The SMILES string of the molecule is CC1CCC(C(=O)NN(C)C)NC1C. The Bertz CT molecular complexity index is 206. The molecule has 1 rings (SSSR count). The third-order valence-electron chi connectivity index (χ3n) is 2.88. The van der Waals surface area contributed by atoms with Gasteiger partial charge in [-0.1, -0.05) is 6.92 Å². The van der Waals surface area contributed by atoms with E-state index < -0.39 is 0 Å². The number of amides is 1. The maximum Gasteiger partial charge on any atom is 0.251 e. The van der Waals surface area contributed by atoms with Gasteiger partial charge in [-0.05, 0) is 25.7 Å². The minimum Gasteiger partial charge on any atom is -0.303 e. The van der Waals surface area contributed by atoms with Crippen molar-refractivity contribution in [2.45, 2.75) is 38.8 Å². The van der Waals surface area contributed by atoms with Crippen LogP contribution in [0.5, 0.6) is 0 Å². The summed E-state index contributed by atoms with van der Waals surface area (Å²) in [5, 5.41) is 5.02. The fourth-order valence-electron chi connectivity index (χ4n) is 1.75. The van der Waals surface area contributed by atoms with Crippen LogP contribution >= 0.6 is 0 Å². The summed E-state index contributed by atoms with van der Waals surface area (Å²) < 4.78 is 0. The number of piperidine rings is 1. The molecule has 1 heterocycles. The largest absolute Gasteiger partial charge is 0.303 e. The molecule has 2 N–H and O–H groups in total. The van der Waals surface area contributed by atoms with Crippen molar-refractivity contribution < 1.29 is 4.79 Å². The quantitative estimate of drug-likeness (QED) is 0.631. The van der Waals surface area contributed by atoms with Crippen molar-refractivity contribution in [3.05, 3.63) is 0 Å². The molecule has 4 nitrogen and oxygen atoms in total. The number of nitrogens with one attached hydrogen (secondary N) is 2. The van der Waals surface area contributed by atoms with E-state index in [2.05, 4.69) is 24.6 Å². The summed E-state index contributed by atoms with van der Waals surface area (Å²) in [6, 6.07) is 0.408. The Kier molecular flexibility index (Phi) is 3.89. The van der Waals surface area contributed by atoms with Crippen LogP contribution in [0.1, 0.15) is 26.7 Å². The van der Waals surface area contributed by atoms with E-state index in [1.54, 1.807) is 5.01 Å².